The first-order valence-corrected chi connectivity index (χ1v) is 4.58. The van der Waals surface area contributed by atoms with Crippen LogP contribution in [0.4, 0.5) is 0 Å². The SMILES string of the molecule is Oc1ccccc1C=Cc1cnccn1. The van der Waals surface area contributed by atoms with E-state index in [9.17, 15) is 5.11 Å². The Kier molecular flexibility index (Phi) is 2.74. The van der Waals surface area contributed by atoms with Crippen LogP contribution in [0, 0.1) is 0 Å². The molecule has 0 amide bonds. The molecule has 1 heterocycles. The molecule has 0 saturated heterocycles. The molecule has 3 heteroatoms. The molecule has 0 aliphatic heterocycles. The van der Waals surface area contributed by atoms with E-state index in [1.54, 1.807) is 36.8 Å². The van der Waals surface area contributed by atoms with Crippen LogP contribution in [-0.2, 0) is 0 Å². The lowest BCUT2D eigenvalue weighted by molar-refractivity contribution is 0.474. The number of nitrogens with zero attached hydrogens (tertiary/aromatic N) is 2. The maximum absolute atomic E-state index is 9.50. The number of rotatable bonds is 2. The summed E-state index contributed by atoms with van der Waals surface area (Å²) in [5.74, 6) is 0.262. The summed E-state index contributed by atoms with van der Waals surface area (Å²) in [7, 11) is 0. The van der Waals surface area contributed by atoms with Gasteiger partial charge in [0.15, 0.2) is 0 Å². The van der Waals surface area contributed by atoms with Crippen molar-refractivity contribution >= 4 is 12.2 Å². The number of para-hydroxylation sites is 1. The molecule has 0 bridgehead atoms. The van der Waals surface area contributed by atoms with E-state index in [0.29, 0.717) is 0 Å². The Morgan fingerprint density at radius 3 is 2.67 bits per heavy atom. The zero-order chi connectivity index (χ0) is 10.5. The largest absolute Gasteiger partial charge is 0.507 e. The maximum atomic E-state index is 9.50. The fourth-order valence-corrected chi connectivity index (χ4v) is 1.20. The van der Waals surface area contributed by atoms with Gasteiger partial charge in [-0.25, -0.2) is 0 Å². The second kappa shape index (κ2) is 4.37. The first kappa shape index (κ1) is 9.40. The maximum Gasteiger partial charge on any atom is 0.122 e. The number of aromatic nitrogens is 2. The summed E-state index contributed by atoms with van der Waals surface area (Å²) in [5, 5.41) is 9.50. The molecule has 1 N–H and O–H groups in total. The molecule has 1 aromatic carbocycles. The van der Waals surface area contributed by atoms with Gasteiger partial charge in [-0.05, 0) is 18.2 Å². The van der Waals surface area contributed by atoms with Crippen LogP contribution in [-0.4, -0.2) is 15.1 Å². The monoisotopic (exact) mass is 198 g/mol. The Morgan fingerprint density at radius 1 is 1.07 bits per heavy atom. The third-order valence-electron chi connectivity index (χ3n) is 1.95. The minimum Gasteiger partial charge on any atom is -0.507 e. The molecule has 0 spiro atoms. The molecular weight excluding hydrogens is 188 g/mol. The first-order valence-electron chi connectivity index (χ1n) is 4.58. The number of hydrogen-bond donors (Lipinski definition) is 1. The van der Waals surface area contributed by atoms with Gasteiger partial charge in [0.25, 0.3) is 0 Å². The number of phenols is 1. The fraction of sp³-hybridized carbons (Fsp3) is 0. The van der Waals surface area contributed by atoms with E-state index >= 15 is 0 Å². The standard InChI is InChI=1S/C12H10N2O/c15-12-4-2-1-3-10(12)5-6-11-9-13-7-8-14-11/h1-9,15H. The molecule has 0 fully saturated rings. The van der Waals surface area contributed by atoms with Crippen LogP contribution in [0.5, 0.6) is 5.75 Å². The van der Waals surface area contributed by atoms with Gasteiger partial charge >= 0.3 is 0 Å². The average Bonchev–Trinajstić information content (AvgIpc) is 2.29. The van der Waals surface area contributed by atoms with Crippen molar-refractivity contribution in [3.63, 3.8) is 0 Å². The summed E-state index contributed by atoms with van der Waals surface area (Å²) in [6.45, 7) is 0. The first-order chi connectivity index (χ1) is 7.36. The van der Waals surface area contributed by atoms with Crippen LogP contribution < -0.4 is 0 Å². The zero-order valence-electron chi connectivity index (χ0n) is 8.04. The summed E-state index contributed by atoms with van der Waals surface area (Å²) in [4.78, 5) is 8.04. The van der Waals surface area contributed by atoms with Gasteiger partial charge in [-0.15, -0.1) is 0 Å². The summed E-state index contributed by atoms with van der Waals surface area (Å²) >= 11 is 0. The van der Waals surface area contributed by atoms with E-state index in [1.807, 2.05) is 18.2 Å². The highest BCUT2D eigenvalue weighted by Crippen LogP contribution is 2.17. The van der Waals surface area contributed by atoms with Crippen LogP contribution in [0.1, 0.15) is 11.3 Å². The van der Waals surface area contributed by atoms with E-state index in [0.717, 1.165) is 11.3 Å². The average molecular weight is 198 g/mol. The predicted octanol–water partition coefficient (Wildman–Crippen LogP) is 2.35. The minimum atomic E-state index is 0.262. The molecule has 0 saturated carbocycles. The van der Waals surface area contributed by atoms with Gasteiger partial charge in [0.2, 0.25) is 0 Å². The molecule has 0 aliphatic rings. The molecular formula is C12H10N2O. The van der Waals surface area contributed by atoms with Crippen LogP contribution in [0.25, 0.3) is 12.2 Å². The molecule has 1 aromatic heterocycles. The molecule has 0 atom stereocenters. The number of hydrogen-bond acceptors (Lipinski definition) is 3. The predicted molar refractivity (Wildman–Crippen MR) is 59.1 cm³/mol. The van der Waals surface area contributed by atoms with Crippen molar-refractivity contribution in [2.45, 2.75) is 0 Å². The lowest BCUT2D eigenvalue weighted by atomic mass is 10.2. The van der Waals surface area contributed by atoms with Crippen LogP contribution in [0.3, 0.4) is 0 Å². The van der Waals surface area contributed by atoms with Crippen molar-refractivity contribution in [2.24, 2.45) is 0 Å². The topological polar surface area (TPSA) is 46.0 Å². The smallest absolute Gasteiger partial charge is 0.122 e. The Balaban J connectivity index is 2.23. The highest BCUT2D eigenvalue weighted by Gasteiger charge is 1.93. The third-order valence-corrected chi connectivity index (χ3v) is 1.95. The molecule has 0 aliphatic carbocycles. The van der Waals surface area contributed by atoms with Gasteiger partial charge in [-0.1, -0.05) is 18.2 Å². The van der Waals surface area contributed by atoms with Gasteiger partial charge < -0.3 is 5.11 Å². The molecule has 74 valence electrons. The summed E-state index contributed by atoms with van der Waals surface area (Å²) in [5.41, 5.74) is 1.53. The Morgan fingerprint density at radius 2 is 1.93 bits per heavy atom. The zero-order valence-corrected chi connectivity index (χ0v) is 8.04. The van der Waals surface area contributed by atoms with Crippen molar-refractivity contribution in [1.29, 1.82) is 0 Å². The summed E-state index contributed by atoms with van der Waals surface area (Å²) in [6, 6.07) is 7.14. The number of phenolic OH excluding ortho intramolecular Hbond substituents is 1. The lowest BCUT2D eigenvalue weighted by Gasteiger charge is -1.96. The van der Waals surface area contributed by atoms with Crippen LogP contribution >= 0.6 is 0 Å². The second-order valence-corrected chi connectivity index (χ2v) is 3.02. The van der Waals surface area contributed by atoms with Crippen molar-refractivity contribution in [2.75, 3.05) is 0 Å². The Bertz CT molecular complexity index is 466. The second-order valence-electron chi connectivity index (χ2n) is 3.02. The van der Waals surface area contributed by atoms with Crippen molar-refractivity contribution < 1.29 is 5.11 Å². The van der Waals surface area contributed by atoms with Crippen molar-refractivity contribution in [3.8, 4) is 5.75 Å². The van der Waals surface area contributed by atoms with E-state index < -0.39 is 0 Å². The van der Waals surface area contributed by atoms with Gasteiger partial charge in [0.1, 0.15) is 5.75 Å². The van der Waals surface area contributed by atoms with Crippen molar-refractivity contribution in [1.82, 2.24) is 9.97 Å². The highest BCUT2D eigenvalue weighted by molar-refractivity contribution is 5.70. The normalized spacial score (nSPS) is 10.7. The van der Waals surface area contributed by atoms with Crippen LogP contribution in [0.15, 0.2) is 42.9 Å². The molecule has 0 radical (unpaired) electrons. The molecule has 15 heavy (non-hydrogen) atoms. The Hall–Kier alpha value is -2.16. The molecule has 0 unspecified atom stereocenters. The quantitative estimate of drug-likeness (QED) is 0.805. The van der Waals surface area contributed by atoms with Gasteiger partial charge in [-0.2, -0.15) is 0 Å². The van der Waals surface area contributed by atoms with Gasteiger partial charge in [-0.3, -0.25) is 9.97 Å². The van der Waals surface area contributed by atoms with E-state index in [1.165, 1.54) is 0 Å². The fourth-order valence-electron chi connectivity index (χ4n) is 1.20. The van der Waals surface area contributed by atoms with Crippen LogP contribution in [0.2, 0.25) is 0 Å². The number of benzene rings is 1. The van der Waals surface area contributed by atoms with Gasteiger partial charge in [0, 0.05) is 18.0 Å². The summed E-state index contributed by atoms with van der Waals surface area (Å²) in [6.07, 6.45) is 8.53. The van der Waals surface area contributed by atoms with E-state index in [2.05, 4.69) is 9.97 Å². The summed E-state index contributed by atoms with van der Waals surface area (Å²) < 4.78 is 0. The third kappa shape index (κ3) is 2.40. The molecule has 2 rings (SSSR count). The highest BCUT2D eigenvalue weighted by atomic mass is 16.3. The van der Waals surface area contributed by atoms with Gasteiger partial charge in [0.05, 0.1) is 11.9 Å². The number of aromatic hydroxyl groups is 1. The van der Waals surface area contributed by atoms with E-state index in [-0.39, 0.29) is 5.75 Å². The molecule has 2 aromatic rings. The molecule has 3 nitrogen and oxygen atoms in total. The lowest BCUT2D eigenvalue weighted by Crippen LogP contribution is -1.80. The van der Waals surface area contributed by atoms with E-state index in [4.69, 9.17) is 0 Å². The Labute approximate surface area is 87.8 Å². The van der Waals surface area contributed by atoms with Crippen molar-refractivity contribution in [3.05, 3.63) is 54.1 Å². The minimum absolute atomic E-state index is 0.262.